The number of carbonyl (C=O) groups is 1. The molecular weight excluding hydrogens is 230 g/mol. The number of carbonyl (C=O) groups excluding carboxylic acids is 1. The van der Waals surface area contributed by atoms with Gasteiger partial charge in [0.25, 0.3) is 5.91 Å². The first kappa shape index (κ1) is 12.3. The van der Waals surface area contributed by atoms with E-state index in [1.165, 1.54) is 6.07 Å². The van der Waals surface area contributed by atoms with E-state index >= 15 is 0 Å². The number of hydrogen-bond acceptors (Lipinski definition) is 3. The van der Waals surface area contributed by atoms with Crippen LogP contribution < -0.4 is 16.7 Å². The molecule has 0 radical (unpaired) electrons. The molecule has 3 N–H and O–H groups in total. The summed E-state index contributed by atoms with van der Waals surface area (Å²) < 4.78 is 1.73. The molecule has 18 heavy (non-hydrogen) atoms. The molecule has 5 nitrogen and oxygen atoms in total. The molecule has 0 unspecified atom stereocenters. The number of fused-ring (bicyclic) bond motifs is 1. The van der Waals surface area contributed by atoms with Crippen LogP contribution in [-0.4, -0.2) is 10.5 Å². The van der Waals surface area contributed by atoms with Gasteiger partial charge >= 0.3 is 0 Å². The number of hydrogen-bond donors (Lipinski definition) is 2. The topological polar surface area (TPSA) is 77.1 Å². The number of benzene rings is 1. The highest BCUT2D eigenvalue weighted by Crippen LogP contribution is 2.17. The molecule has 0 aliphatic heterocycles. The van der Waals surface area contributed by atoms with Crippen LogP contribution in [0.3, 0.4) is 0 Å². The number of nitrogens with two attached hydrogens (primary N) is 1. The Balaban J connectivity index is 2.73. The predicted octanol–water partition coefficient (Wildman–Crippen LogP) is 0.608. The summed E-state index contributed by atoms with van der Waals surface area (Å²) in [5.74, 6) is 4.78. The van der Waals surface area contributed by atoms with Gasteiger partial charge in [0, 0.05) is 17.6 Å². The smallest absolute Gasteiger partial charge is 0.253 e. The quantitative estimate of drug-likeness (QED) is 0.462. The summed E-state index contributed by atoms with van der Waals surface area (Å²) in [6, 6.07) is 5.28. The van der Waals surface area contributed by atoms with Gasteiger partial charge in [-0.1, -0.05) is 6.07 Å². The number of aromatic nitrogens is 1. The zero-order chi connectivity index (χ0) is 13.3. The summed E-state index contributed by atoms with van der Waals surface area (Å²) in [5, 5.41) is 0.625. The standard InChI is InChI=1S/C13H15N3O2/c1-8-5-9(2)13-10(6-8)11(17)3-4-16(13)7-12(18)15-14/h3-6H,7,14H2,1-2H3,(H,15,18). The van der Waals surface area contributed by atoms with Crippen LogP contribution >= 0.6 is 0 Å². The second kappa shape index (κ2) is 4.62. The first-order valence-electron chi connectivity index (χ1n) is 5.63. The van der Waals surface area contributed by atoms with Gasteiger partial charge in [-0.25, -0.2) is 5.84 Å². The first-order chi connectivity index (χ1) is 8.52. The number of hydrazine groups is 1. The van der Waals surface area contributed by atoms with E-state index in [2.05, 4.69) is 5.43 Å². The van der Waals surface area contributed by atoms with Crippen LogP contribution in [0.15, 0.2) is 29.2 Å². The van der Waals surface area contributed by atoms with E-state index < -0.39 is 0 Å². The summed E-state index contributed by atoms with van der Waals surface area (Å²) in [6.45, 7) is 3.96. The monoisotopic (exact) mass is 245 g/mol. The first-order valence-corrected chi connectivity index (χ1v) is 5.63. The third kappa shape index (κ3) is 2.12. The Morgan fingerprint density at radius 3 is 2.78 bits per heavy atom. The van der Waals surface area contributed by atoms with Crippen molar-refractivity contribution in [2.24, 2.45) is 5.84 Å². The summed E-state index contributed by atoms with van der Waals surface area (Å²) in [6.07, 6.45) is 1.61. The van der Waals surface area contributed by atoms with Crippen molar-refractivity contribution in [3.63, 3.8) is 0 Å². The van der Waals surface area contributed by atoms with E-state index in [0.717, 1.165) is 16.6 Å². The fourth-order valence-electron chi connectivity index (χ4n) is 2.18. The van der Waals surface area contributed by atoms with Crippen molar-refractivity contribution in [3.8, 4) is 0 Å². The van der Waals surface area contributed by atoms with Gasteiger partial charge in [0.1, 0.15) is 6.54 Å². The molecule has 1 heterocycles. The van der Waals surface area contributed by atoms with Crippen molar-refractivity contribution in [1.29, 1.82) is 0 Å². The van der Waals surface area contributed by atoms with E-state index in [0.29, 0.717) is 5.39 Å². The lowest BCUT2D eigenvalue weighted by atomic mass is 10.1. The van der Waals surface area contributed by atoms with E-state index in [9.17, 15) is 9.59 Å². The van der Waals surface area contributed by atoms with Gasteiger partial charge in [0.2, 0.25) is 0 Å². The average Bonchev–Trinajstić information content (AvgIpc) is 2.32. The van der Waals surface area contributed by atoms with Gasteiger partial charge < -0.3 is 4.57 Å². The van der Waals surface area contributed by atoms with Gasteiger partial charge in [0.05, 0.1) is 5.52 Å². The third-order valence-corrected chi connectivity index (χ3v) is 2.88. The SMILES string of the molecule is Cc1cc(C)c2c(c1)c(=O)ccn2CC(=O)NN. The third-order valence-electron chi connectivity index (χ3n) is 2.88. The Morgan fingerprint density at radius 1 is 1.39 bits per heavy atom. The van der Waals surface area contributed by atoms with E-state index in [1.807, 2.05) is 26.0 Å². The number of aryl methyl sites for hydroxylation is 2. The number of pyridine rings is 1. The molecule has 0 atom stereocenters. The highest BCUT2D eigenvalue weighted by atomic mass is 16.2. The van der Waals surface area contributed by atoms with Gasteiger partial charge in [-0.2, -0.15) is 0 Å². The lowest BCUT2D eigenvalue weighted by Gasteiger charge is -2.12. The maximum atomic E-state index is 11.9. The molecule has 0 spiro atoms. The molecule has 94 valence electrons. The van der Waals surface area contributed by atoms with Gasteiger partial charge in [-0.15, -0.1) is 0 Å². The van der Waals surface area contributed by atoms with Crippen LogP contribution in [0.25, 0.3) is 10.9 Å². The number of amides is 1. The van der Waals surface area contributed by atoms with Crippen molar-refractivity contribution >= 4 is 16.8 Å². The minimum atomic E-state index is -0.306. The van der Waals surface area contributed by atoms with Crippen molar-refractivity contribution in [1.82, 2.24) is 9.99 Å². The molecule has 1 amide bonds. The van der Waals surface area contributed by atoms with Crippen molar-refractivity contribution in [2.45, 2.75) is 20.4 Å². The normalized spacial score (nSPS) is 10.6. The van der Waals surface area contributed by atoms with Crippen LogP contribution in [0.2, 0.25) is 0 Å². The maximum absolute atomic E-state index is 11.9. The Labute approximate surface area is 104 Å². The van der Waals surface area contributed by atoms with Crippen LogP contribution in [0.5, 0.6) is 0 Å². The van der Waals surface area contributed by atoms with Crippen LogP contribution in [0.4, 0.5) is 0 Å². The summed E-state index contributed by atoms with van der Waals surface area (Å²) >= 11 is 0. The molecule has 2 rings (SSSR count). The number of rotatable bonds is 2. The van der Waals surface area contributed by atoms with Crippen molar-refractivity contribution in [2.75, 3.05) is 0 Å². The Morgan fingerprint density at radius 2 is 2.11 bits per heavy atom. The van der Waals surface area contributed by atoms with E-state index in [4.69, 9.17) is 5.84 Å². The molecular formula is C13H15N3O2. The Kier molecular flexibility index (Phi) is 3.16. The zero-order valence-corrected chi connectivity index (χ0v) is 10.4. The summed E-state index contributed by atoms with van der Waals surface area (Å²) in [4.78, 5) is 23.2. The van der Waals surface area contributed by atoms with Crippen LogP contribution in [0.1, 0.15) is 11.1 Å². The minimum Gasteiger partial charge on any atom is -0.338 e. The second-order valence-electron chi connectivity index (χ2n) is 4.35. The second-order valence-corrected chi connectivity index (χ2v) is 4.35. The van der Waals surface area contributed by atoms with Crippen molar-refractivity contribution < 1.29 is 4.79 Å². The summed E-state index contributed by atoms with van der Waals surface area (Å²) in [7, 11) is 0. The molecule has 1 aromatic carbocycles. The van der Waals surface area contributed by atoms with Crippen LogP contribution in [-0.2, 0) is 11.3 Å². The molecule has 0 aliphatic carbocycles. The molecule has 0 aliphatic rings. The highest BCUT2D eigenvalue weighted by Gasteiger charge is 2.08. The molecule has 1 aromatic heterocycles. The molecule has 0 fully saturated rings. The molecule has 0 bridgehead atoms. The summed E-state index contributed by atoms with van der Waals surface area (Å²) in [5.41, 5.74) is 4.81. The fourth-order valence-corrected chi connectivity index (χ4v) is 2.18. The predicted molar refractivity (Wildman–Crippen MR) is 70.0 cm³/mol. The molecule has 2 aromatic rings. The Hall–Kier alpha value is -2.14. The van der Waals surface area contributed by atoms with Gasteiger partial charge in [-0.05, 0) is 31.0 Å². The number of nitrogens with zero attached hydrogens (tertiary/aromatic N) is 1. The van der Waals surface area contributed by atoms with Gasteiger partial charge in [-0.3, -0.25) is 15.0 Å². The van der Waals surface area contributed by atoms with Crippen molar-refractivity contribution in [3.05, 3.63) is 45.7 Å². The number of nitrogens with one attached hydrogen (secondary N) is 1. The average molecular weight is 245 g/mol. The highest BCUT2D eigenvalue weighted by molar-refractivity contribution is 5.85. The zero-order valence-electron chi connectivity index (χ0n) is 10.4. The molecule has 0 saturated heterocycles. The lowest BCUT2D eigenvalue weighted by Crippen LogP contribution is -2.33. The molecule has 5 heteroatoms. The maximum Gasteiger partial charge on any atom is 0.253 e. The molecule has 0 saturated carbocycles. The lowest BCUT2D eigenvalue weighted by molar-refractivity contribution is -0.121. The Bertz CT molecular complexity index is 674. The fraction of sp³-hybridized carbons (Fsp3) is 0.231. The van der Waals surface area contributed by atoms with E-state index in [1.54, 1.807) is 10.8 Å². The van der Waals surface area contributed by atoms with Gasteiger partial charge in [0.15, 0.2) is 5.43 Å². The largest absolute Gasteiger partial charge is 0.338 e. The minimum absolute atomic E-state index is 0.0405. The van der Waals surface area contributed by atoms with Crippen LogP contribution in [0, 0.1) is 13.8 Å². The van der Waals surface area contributed by atoms with E-state index in [-0.39, 0.29) is 17.9 Å².